The lowest BCUT2D eigenvalue weighted by molar-refractivity contribution is 0.122. The maximum absolute atomic E-state index is 9.99. The van der Waals surface area contributed by atoms with Crippen LogP contribution < -0.4 is 15.6 Å². The van der Waals surface area contributed by atoms with Crippen molar-refractivity contribution in [2.75, 3.05) is 41.9 Å². The average Bonchev–Trinajstić information content (AvgIpc) is 2.79. The summed E-state index contributed by atoms with van der Waals surface area (Å²) in [6, 6.07) is 10.7. The van der Waals surface area contributed by atoms with Crippen LogP contribution in [-0.4, -0.2) is 57.7 Å². The van der Waals surface area contributed by atoms with Gasteiger partial charge in [0, 0.05) is 30.4 Å². The normalized spacial score (nSPS) is 14.0. The number of rotatable bonds is 6. The van der Waals surface area contributed by atoms with Crippen molar-refractivity contribution in [3.05, 3.63) is 52.0 Å². The molecule has 0 spiro atoms. The van der Waals surface area contributed by atoms with Crippen LogP contribution in [0, 0.1) is 6.92 Å². The number of aromatic nitrogens is 3. The molecule has 0 bridgehead atoms. The van der Waals surface area contributed by atoms with Crippen molar-refractivity contribution in [2.45, 2.75) is 6.92 Å². The highest BCUT2D eigenvalue weighted by Crippen LogP contribution is 2.30. The number of morpholine rings is 1. The van der Waals surface area contributed by atoms with Crippen LogP contribution in [0.25, 0.3) is 0 Å². The lowest BCUT2D eigenvalue weighted by Crippen LogP contribution is -2.37. The van der Waals surface area contributed by atoms with Crippen LogP contribution in [-0.2, 0) is 4.74 Å². The molecular formula is C21H22BrN7O3. The Bertz CT molecular complexity index is 1120. The molecule has 1 aliphatic heterocycles. The maximum Gasteiger partial charge on any atom is 0.250 e. The van der Waals surface area contributed by atoms with Gasteiger partial charge in [-0.15, -0.1) is 0 Å². The van der Waals surface area contributed by atoms with E-state index in [9.17, 15) is 10.2 Å². The van der Waals surface area contributed by atoms with Crippen molar-refractivity contribution in [2.24, 2.45) is 5.10 Å². The molecule has 0 saturated carbocycles. The summed E-state index contributed by atoms with van der Waals surface area (Å²) in [6.45, 7) is 4.57. The van der Waals surface area contributed by atoms with Crippen LogP contribution in [0.4, 0.5) is 23.5 Å². The first-order chi connectivity index (χ1) is 15.5. The third-order valence-corrected chi connectivity index (χ3v) is 5.32. The molecule has 0 amide bonds. The maximum atomic E-state index is 9.99. The van der Waals surface area contributed by atoms with Crippen LogP contribution in [0.1, 0.15) is 11.1 Å². The van der Waals surface area contributed by atoms with E-state index in [4.69, 9.17) is 4.74 Å². The molecule has 32 heavy (non-hydrogen) atoms. The molecule has 1 saturated heterocycles. The van der Waals surface area contributed by atoms with E-state index in [1.54, 1.807) is 6.07 Å². The minimum absolute atomic E-state index is 0.0629. The fourth-order valence-electron chi connectivity index (χ4n) is 2.97. The number of hydrazone groups is 1. The number of phenols is 2. The number of nitrogens with one attached hydrogen (secondary N) is 2. The summed E-state index contributed by atoms with van der Waals surface area (Å²) in [4.78, 5) is 15.4. The van der Waals surface area contributed by atoms with Gasteiger partial charge in [-0.25, -0.2) is 5.43 Å². The molecule has 4 N–H and O–H groups in total. The van der Waals surface area contributed by atoms with E-state index in [2.05, 4.69) is 46.7 Å². The SMILES string of the molecule is Cc1ccc(Nc2nc(N/N=C/c3cc(Br)c(O)cc3O)nc(N3CCOCC3)n2)cc1. The molecular weight excluding hydrogens is 478 g/mol. The van der Waals surface area contributed by atoms with Crippen LogP contribution in [0.2, 0.25) is 0 Å². The minimum atomic E-state index is -0.109. The predicted molar refractivity (Wildman–Crippen MR) is 126 cm³/mol. The Morgan fingerprint density at radius 1 is 1.03 bits per heavy atom. The fraction of sp³-hybridized carbons (Fsp3) is 0.238. The van der Waals surface area contributed by atoms with Gasteiger partial charge in [-0.2, -0.15) is 20.1 Å². The smallest absolute Gasteiger partial charge is 0.250 e. The Kier molecular flexibility index (Phi) is 6.66. The van der Waals surface area contributed by atoms with Crippen LogP contribution >= 0.6 is 15.9 Å². The van der Waals surface area contributed by atoms with Gasteiger partial charge in [0.1, 0.15) is 11.5 Å². The molecule has 4 rings (SSSR count). The Morgan fingerprint density at radius 2 is 1.75 bits per heavy atom. The first kappa shape index (κ1) is 21.8. The molecule has 10 nitrogen and oxygen atoms in total. The molecule has 1 aromatic heterocycles. The van der Waals surface area contributed by atoms with Gasteiger partial charge in [-0.05, 0) is 41.1 Å². The Morgan fingerprint density at radius 3 is 2.50 bits per heavy atom. The van der Waals surface area contributed by atoms with E-state index in [0.29, 0.717) is 48.2 Å². The van der Waals surface area contributed by atoms with E-state index < -0.39 is 0 Å². The van der Waals surface area contributed by atoms with Gasteiger partial charge in [-0.1, -0.05) is 17.7 Å². The molecule has 11 heteroatoms. The van der Waals surface area contributed by atoms with Gasteiger partial charge in [0.25, 0.3) is 0 Å². The highest BCUT2D eigenvalue weighted by Gasteiger charge is 2.17. The van der Waals surface area contributed by atoms with E-state index >= 15 is 0 Å². The zero-order chi connectivity index (χ0) is 22.5. The van der Waals surface area contributed by atoms with Gasteiger partial charge < -0.3 is 25.2 Å². The lowest BCUT2D eigenvalue weighted by Gasteiger charge is -2.27. The van der Waals surface area contributed by atoms with Gasteiger partial charge in [-0.3, -0.25) is 0 Å². The third-order valence-electron chi connectivity index (χ3n) is 4.69. The van der Waals surface area contributed by atoms with Crippen molar-refractivity contribution >= 4 is 45.7 Å². The number of nitrogens with zero attached hydrogens (tertiary/aromatic N) is 5. The number of aromatic hydroxyl groups is 2. The third kappa shape index (κ3) is 5.42. The molecule has 0 unspecified atom stereocenters. The highest BCUT2D eigenvalue weighted by molar-refractivity contribution is 9.10. The summed E-state index contributed by atoms with van der Waals surface area (Å²) in [5, 5.41) is 26.9. The predicted octanol–water partition coefficient (Wildman–Crippen LogP) is 3.38. The zero-order valence-electron chi connectivity index (χ0n) is 17.3. The molecule has 1 aliphatic rings. The number of aryl methyl sites for hydroxylation is 1. The number of halogens is 1. The monoisotopic (exact) mass is 499 g/mol. The number of benzene rings is 2. The van der Waals surface area contributed by atoms with Crippen molar-refractivity contribution in [1.82, 2.24) is 15.0 Å². The standard InChI is InChI=1S/C21H22BrN7O3/c1-13-2-4-15(5-3-13)24-19-25-20(27-21(26-19)29-6-8-32-9-7-29)28-23-12-14-10-16(22)18(31)11-17(14)30/h2-5,10-12,30-31H,6-9H2,1H3,(H2,24,25,26,27,28)/b23-12+. The number of hydrogen-bond donors (Lipinski definition) is 4. The molecule has 166 valence electrons. The van der Waals surface area contributed by atoms with Crippen molar-refractivity contribution in [3.63, 3.8) is 0 Å². The summed E-state index contributed by atoms with van der Waals surface area (Å²) >= 11 is 3.22. The zero-order valence-corrected chi connectivity index (χ0v) is 18.9. The fourth-order valence-corrected chi connectivity index (χ4v) is 3.33. The topological polar surface area (TPSA) is 128 Å². The van der Waals surface area contributed by atoms with E-state index in [1.165, 1.54) is 12.3 Å². The first-order valence-corrected chi connectivity index (χ1v) is 10.7. The average molecular weight is 500 g/mol. The Labute approximate surface area is 193 Å². The summed E-state index contributed by atoms with van der Waals surface area (Å²) in [5.41, 5.74) is 5.20. The molecule has 2 aromatic carbocycles. The van der Waals surface area contributed by atoms with Crippen LogP contribution in [0.3, 0.4) is 0 Å². The number of ether oxygens (including phenoxy) is 1. The van der Waals surface area contributed by atoms with Crippen LogP contribution in [0.15, 0.2) is 46.0 Å². The Balaban J connectivity index is 1.58. The first-order valence-electron chi connectivity index (χ1n) is 9.91. The van der Waals surface area contributed by atoms with Gasteiger partial charge in [0.15, 0.2) is 0 Å². The molecule has 0 atom stereocenters. The van der Waals surface area contributed by atoms with E-state index in [1.807, 2.05) is 36.1 Å². The highest BCUT2D eigenvalue weighted by atomic mass is 79.9. The van der Waals surface area contributed by atoms with Crippen molar-refractivity contribution in [3.8, 4) is 11.5 Å². The molecule has 2 heterocycles. The number of anilines is 4. The van der Waals surface area contributed by atoms with Crippen LogP contribution in [0.5, 0.6) is 11.5 Å². The number of hydrogen-bond acceptors (Lipinski definition) is 10. The second-order valence-electron chi connectivity index (χ2n) is 7.11. The van der Waals surface area contributed by atoms with Gasteiger partial charge in [0.05, 0.1) is 23.9 Å². The van der Waals surface area contributed by atoms with E-state index in [-0.39, 0.29) is 17.4 Å². The largest absolute Gasteiger partial charge is 0.507 e. The Hall–Kier alpha value is -3.44. The summed E-state index contributed by atoms with van der Waals surface area (Å²) in [5.74, 6) is 0.948. The number of phenolic OH excluding ortho intramolecular Hbond substituents is 2. The summed E-state index contributed by atoms with van der Waals surface area (Å²) < 4.78 is 5.86. The quantitative estimate of drug-likeness (QED) is 0.298. The molecule has 0 radical (unpaired) electrons. The van der Waals surface area contributed by atoms with Gasteiger partial charge in [0.2, 0.25) is 17.8 Å². The molecule has 1 fully saturated rings. The van der Waals surface area contributed by atoms with Crippen molar-refractivity contribution in [1.29, 1.82) is 0 Å². The molecule has 0 aliphatic carbocycles. The van der Waals surface area contributed by atoms with Gasteiger partial charge >= 0.3 is 0 Å². The summed E-state index contributed by atoms with van der Waals surface area (Å²) in [6.07, 6.45) is 1.41. The lowest BCUT2D eigenvalue weighted by atomic mass is 10.2. The second kappa shape index (κ2) is 9.79. The second-order valence-corrected chi connectivity index (χ2v) is 7.96. The molecule has 3 aromatic rings. The van der Waals surface area contributed by atoms with Crippen molar-refractivity contribution < 1.29 is 14.9 Å². The summed E-state index contributed by atoms with van der Waals surface area (Å²) in [7, 11) is 0. The van der Waals surface area contributed by atoms with E-state index in [0.717, 1.165) is 11.3 Å². The minimum Gasteiger partial charge on any atom is -0.507 e.